The van der Waals surface area contributed by atoms with Crippen LogP contribution in [0.1, 0.15) is 11.4 Å². The summed E-state index contributed by atoms with van der Waals surface area (Å²) in [4.78, 5) is 4.40. The number of nitrogens with one attached hydrogen (secondary N) is 1. The summed E-state index contributed by atoms with van der Waals surface area (Å²) >= 11 is 11.0. The van der Waals surface area contributed by atoms with Crippen molar-refractivity contribution in [1.29, 1.82) is 0 Å². The number of rotatable bonds is 4. The van der Waals surface area contributed by atoms with Crippen LogP contribution in [-0.4, -0.2) is 19.8 Å². The smallest absolute Gasteiger partial charge is 0.169 e. The number of thiocarbonyl (C=S) groups is 1. The molecule has 1 aromatic carbocycles. The van der Waals surface area contributed by atoms with Crippen molar-refractivity contribution in [2.24, 2.45) is 12.8 Å². The van der Waals surface area contributed by atoms with Crippen molar-refractivity contribution in [2.45, 2.75) is 6.54 Å². The average molecular weight is 282 g/mol. The van der Waals surface area contributed by atoms with Crippen molar-refractivity contribution in [3.8, 4) is 0 Å². The summed E-state index contributed by atoms with van der Waals surface area (Å²) in [6.45, 7) is 0.531. The van der Waals surface area contributed by atoms with E-state index in [2.05, 4.69) is 15.4 Å². The molecule has 94 valence electrons. The molecule has 2 aromatic rings. The van der Waals surface area contributed by atoms with Gasteiger partial charge in [-0.25, -0.2) is 4.98 Å². The minimum absolute atomic E-state index is 0.290. The van der Waals surface area contributed by atoms with Gasteiger partial charge in [-0.3, -0.25) is 4.68 Å². The van der Waals surface area contributed by atoms with Crippen LogP contribution in [0, 0.1) is 0 Å². The molecule has 1 heterocycles. The fourth-order valence-electron chi connectivity index (χ4n) is 1.47. The van der Waals surface area contributed by atoms with Gasteiger partial charge in [0.15, 0.2) is 5.82 Å². The molecule has 0 spiro atoms. The monoisotopic (exact) mass is 281 g/mol. The Labute approximate surface area is 115 Å². The predicted molar refractivity (Wildman–Crippen MR) is 75.7 cm³/mol. The van der Waals surface area contributed by atoms with E-state index in [1.807, 2.05) is 13.1 Å². The fraction of sp³-hybridized carbons (Fsp3) is 0.182. The van der Waals surface area contributed by atoms with Crippen LogP contribution in [0.2, 0.25) is 5.02 Å². The Morgan fingerprint density at radius 2 is 2.33 bits per heavy atom. The molecule has 0 radical (unpaired) electrons. The lowest BCUT2D eigenvalue weighted by molar-refractivity contribution is 0.747. The molecule has 0 aliphatic heterocycles. The number of aromatic nitrogens is 3. The highest BCUT2D eigenvalue weighted by Gasteiger charge is 2.05. The van der Waals surface area contributed by atoms with E-state index in [1.165, 1.54) is 0 Å². The van der Waals surface area contributed by atoms with E-state index >= 15 is 0 Å². The standard InChI is InChI=1S/C11H12ClN5S/c1-17-6-15-10(16-17)5-14-7-2-3-8(11(13)18)9(12)4-7/h2-4,6,14H,5H2,1H3,(H2,13,18). The molecule has 0 aliphatic carbocycles. The van der Waals surface area contributed by atoms with E-state index in [-0.39, 0.29) is 4.99 Å². The lowest BCUT2D eigenvalue weighted by atomic mass is 10.2. The van der Waals surface area contributed by atoms with Gasteiger partial charge in [-0.1, -0.05) is 23.8 Å². The van der Waals surface area contributed by atoms with Crippen LogP contribution in [0.15, 0.2) is 24.5 Å². The van der Waals surface area contributed by atoms with Crippen LogP contribution in [0.5, 0.6) is 0 Å². The Morgan fingerprint density at radius 1 is 1.56 bits per heavy atom. The number of aryl methyl sites for hydroxylation is 1. The Bertz CT molecular complexity index is 581. The van der Waals surface area contributed by atoms with E-state index < -0.39 is 0 Å². The van der Waals surface area contributed by atoms with Crippen LogP contribution in [0.25, 0.3) is 0 Å². The third-order valence-corrected chi connectivity index (χ3v) is 2.86. The summed E-state index contributed by atoms with van der Waals surface area (Å²) in [5.41, 5.74) is 7.08. The number of hydrogen-bond donors (Lipinski definition) is 2. The molecule has 0 fully saturated rings. The van der Waals surface area contributed by atoms with Gasteiger partial charge in [0.05, 0.1) is 11.6 Å². The maximum Gasteiger partial charge on any atom is 0.169 e. The number of anilines is 1. The lowest BCUT2D eigenvalue weighted by Crippen LogP contribution is -2.10. The highest BCUT2D eigenvalue weighted by atomic mass is 35.5. The maximum absolute atomic E-state index is 6.07. The Hall–Kier alpha value is -1.66. The molecule has 1 aromatic heterocycles. The van der Waals surface area contributed by atoms with Crippen molar-refractivity contribution < 1.29 is 0 Å². The molecular weight excluding hydrogens is 270 g/mol. The molecule has 0 saturated carbocycles. The number of nitrogens with zero attached hydrogens (tertiary/aromatic N) is 3. The van der Waals surface area contributed by atoms with Crippen LogP contribution in [0.3, 0.4) is 0 Å². The first kappa shape index (κ1) is 12.8. The Kier molecular flexibility index (Phi) is 3.78. The predicted octanol–water partition coefficient (Wildman–Crippen LogP) is 1.71. The first-order valence-electron chi connectivity index (χ1n) is 5.24. The zero-order chi connectivity index (χ0) is 13.1. The number of benzene rings is 1. The number of nitrogens with two attached hydrogens (primary N) is 1. The zero-order valence-corrected chi connectivity index (χ0v) is 11.3. The second-order valence-electron chi connectivity index (χ2n) is 3.75. The first-order chi connectivity index (χ1) is 8.56. The van der Waals surface area contributed by atoms with Gasteiger partial charge >= 0.3 is 0 Å². The van der Waals surface area contributed by atoms with Gasteiger partial charge in [0, 0.05) is 18.3 Å². The van der Waals surface area contributed by atoms with Crippen LogP contribution in [0.4, 0.5) is 5.69 Å². The average Bonchev–Trinajstić information content (AvgIpc) is 2.72. The summed E-state index contributed by atoms with van der Waals surface area (Å²) in [5, 5.41) is 7.87. The van der Waals surface area contributed by atoms with Gasteiger partial charge in [-0.05, 0) is 18.2 Å². The van der Waals surface area contributed by atoms with Crippen molar-refractivity contribution in [2.75, 3.05) is 5.32 Å². The van der Waals surface area contributed by atoms with Crippen molar-refractivity contribution in [1.82, 2.24) is 14.8 Å². The third-order valence-electron chi connectivity index (χ3n) is 2.33. The second kappa shape index (κ2) is 5.32. The number of halogens is 1. The minimum Gasteiger partial charge on any atom is -0.389 e. The SMILES string of the molecule is Cn1cnc(CNc2ccc(C(N)=S)c(Cl)c2)n1. The summed E-state index contributed by atoms with van der Waals surface area (Å²) in [7, 11) is 1.82. The van der Waals surface area contributed by atoms with Crippen LogP contribution < -0.4 is 11.1 Å². The van der Waals surface area contributed by atoms with E-state index in [0.29, 0.717) is 23.0 Å². The molecule has 0 saturated heterocycles. The summed E-state index contributed by atoms with van der Waals surface area (Å²) < 4.78 is 1.65. The maximum atomic E-state index is 6.07. The molecule has 18 heavy (non-hydrogen) atoms. The van der Waals surface area contributed by atoms with Gasteiger partial charge in [0.25, 0.3) is 0 Å². The van der Waals surface area contributed by atoms with Gasteiger partial charge in [-0.2, -0.15) is 5.10 Å². The summed E-state index contributed by atoms with van der Waals surface area (Å²) in [6, 6.07) is 5.43. The number of hydrogen-bond acceptors (Lipinski definition) is 4. The minimum atomic E-state index is 0.290. The largest absolute Gasteiger partial charge is 0.389 e. The molecule has 5 nitrogen and oxygen atoms in total. The first-order valence-corrected chi connectivity index (χ1v) is 6.02. The molecule has 0 amide bonds. The topological polar surface area (TPSA) is 68.8 Å². The third kappa shape index (κ3) is 2.96. The van der Waals surface area contributed by atoms with Crippen LogP contribution in [-0.2, 0) is 13.6 Å². The van der Waals surface area contributed by atoms with E-state index in [1.54, 1.807) is 23.1 Å². The molecule has 0 unspecified atom stereocenters. The highest BCUT2D eigenvalue weighted by molar-refractivity contribution is 7.80. The molecule has 0 bridgehead atoms. The van der Waals surface area contributed by atoms with Crippen molar-refractivity contribution in [3.63, 3.8) is 0 Å². The lowest BCUT2D eigenvalue weighted by Gasteiger charge is -2.07. The van der Waals surface area contributed by atoms with Gasteiger partial charge in [0.1, 0.15) is 11.3 Å². The van der Waals surface area contributed by atoms with Crippen LogP contribution >= 0.6 is 23.8 Å². The van der Waals surface area contributed by atoms with E-state index in [9.17, 15) is 0 Å². The quantitative estimate of drug-likeness (QED) is 0.835. The molecular formula is C11H12ClN5S. The van der Waals surface area contributed by atoms with Gasteiger partial charge in [0.2, 0.25) is 0 Å². The van der Waals surface area contributed by atoms with Crippen molar-refractivity contribution in [3.05, 3.63) is 40.9 Å². The van der Waals surface area contributed by atoms with Gasteiger partial charge in [-0.15, -0.1) is 0 Å². The normalized spacial score (nSPS) is 10.3. The van der Waals surface area contributed by atoms with E-state index in [4.69, 9.17) is 29.6 Å². The molecule has 0 aliphatic rings. The van der Waals surface area contributed by atoms with E-state index in [0.717, 1.165) is 5.69 Å². The summed E-state index contributed by atoms with van der Waals surface area (Å²) in [5.74, 6) is 0.715. The zero-order valence-electron chi connectivity index (χ0n) is 9.72. The fourth-order valence-corrected chi connectivity index (χ4v) is 1.99. The summed E-state index contributed by atoms with van der Waals surface area (Å²) in [6.07, 6.45) is 1.65. The Balaban J connectivity index is 2.06. The second-order valence-corrected chi connectivity index (χ2v) is 4.59. The highest BCUT2D eigenvalue weighted by Crippen LogP contribution is 2.21. The molecule has 3 N–H and O–H groups in total. The van der Waals surface area contributed by atoms with Gasteiger partial charge < -0.3 is 11.1 Å². The molecule has 0 atom stereocenters. The molecule has 7 heteroatoms. The molecule has 2 rings (SSSR count). The van der Waals surface area contributed by atoms with Crippen molar-refractivity contribution >= 4 is 34.5 Å². The Morgan fingerprint density at radius 3 is 2.89 bits per heavy atom.